The quantitative estimate of drug-likeness (QED) is 0.0182. The van der Waals surface area contributed by atoms with E-state index in [1.165, 1.54) is 35.6 Å². The number of carbonyl (C=O) groups excluding carboxylic acids is 4. The fraction of sp³-hybridized carbons (Fsp3) is 0.277. The Balaban J connectivity index is 0.000000160. The molecule has 12 aromatic rings. The molecule has 141 heavy (non-hydrogen) atoms. The van der Waals surface area contributed by atoms with E-state index in [2.05, 4.69) is 50.6 Å². The predicted molar refractivity (Wildman–Crippen MR) is 531 cm³/mol. The van der Waals surface area contributed by atoms with Gasteiger partial charge < -0.3 is 74.9 Å². The molecule has 2 unspecified atom stereocenters. The number of anilines is 4. The van der Waals surface area contributed by atoms with Crippen LogP contribution < -0.4 is 63.9 Å². The molecule has 4 aromatic heterocycles. The van der Waals surface area contributed by atoms with Crippen LogP contribution in [0.1, 0.15) is 95.4 Å². The molecular formula is C101H110N12O24S4. The van der Waals surface area contributed by atoms with Crippen molar-refractivity contribution in [2.75, 3.05) is 95.9 Å². The Kier molecular flexibility index (Phi) is 29.5. The number of nitrogens with zero attached hydrogens (tertiary/aromatic N) is 6. The predicted octanol–water partition coefficient (Wildman–Crippen LogP) is 13.6. The van der Waals surface area contributed by atoms with Crippen LogP contribution in [0.3, 0.4) is 0 Å². The molecule has 0 radical (unpaired) electrons. The van der Waals surface area contributed by atoms with Crippen molar-refractivity contribution in [3.63, 3.8) is 0 Å². The molecule has 4 saturated carbocycles. The number of carbonyl (C=O) groups is 5. The zero-order valence-electron chi connectivity index (χ0n) is 77.4. The number of nitrogens with one attached hydrogen (secondary N) is 6. The number of hydrogen-bond acceptors (Lipinski definition) is 28. The van der Waals surface area contributed by atoms with E-state index in [0.717, 1.165) is 99.2 Å². The minimum Gasteiger partial charge on any atom is -0.496 e. The Morgan fingerprint density at radius 1 is 0.461 bits per heavy atom. The third-order valence-corrected chi connectivity index (χ3v) is 31.0. The van der Waals surface area contributed by atoms with E-state index in [1.807, 2.05) is 140 Å². The van der Waals surface area contributed by atoms with E-state index in [9.17, 15) is 68.5 Å². The van der Waals surface area contributed by atoms with Gasteiger partial charge in [0.05, 0.1) is 92.0 Å². The monoisotopic (exact) mass is 2000 g/mol. The van der Waals surface area contributed by atoms with Gasteiger partial charge in [0, 0.05) is 79.1 Å². The molecule has 4 aliphatic carbocycles. The van der Waals surface area contributed by atoms with Crippen LogP contribution in [-0.2, 0) is 82.2 Å². The third-order valence-electron chi connectivity index (χ3n) is 25.2. The number of pyridine rings is 4. The van der Waals surface area contributed by atoms with Crippen molar-refractivity contribution in [1.29, 1.82) is 0 Å². The highest BCUT2D eigenvalue weighted by Crippen LogP contribution is 2.56. The molecule has 0 bridgehead atoms. The molecule has 12 N–H and O–H groups in total. The van der Waals surface area contributed by atoms with E-state index in [0.29, 0.717) is 109 Å². The largest absolute Gasteiger partial charge is 0.496 e. The summed E-state index contributed by atoms with van der Waals surface area (Å²) in [5, 5.41) is 48.6. The van der Waals surface area contributed by atoms with Gasteiger partial charge in [0.1, 0.15) is 29.0 Å². The number of para-hydroxylation sites is 1. The summed E-state index contributed by atoms with van der Waals surface area (Å²) in [6.45, 7) is 1.54. The summed E-state index contributed by atoms with van der Waals surface area (Å²) >= 11 is 0. The van der Waals surface area contributed by atoms with Crippen molar-refractivity contribution in [1.82, 2.24) is 38.0 Å². The van der Waals surface area contributed by atoms with Gasteiger partial charge in [-0.25, -0.2) is 58.9 Å². The van der Waals surface area contributed by atoms with Gasteiger partial charge in [0.25, 0.3) is 0 Å². The molecule has 4 fully saturated rings. The maximum atomic E-state index is 13.2. The first-order valence-corrected chi connectivity index (χ1v) is 51.2. The molecular weight excluding hydrogens is 1890 g/mol. The van der Waals surface area contributed by atoms with Crippen molar-refractivity contribution in [2.24, 2.45) is 0 Å². The number of aromatic nitrogens is 4. The molecule has 7 aliphatic rings. The Hall–Kier alpha value is -13.9. The number of carboxylic acid groups (broad SMARTS) is 1. The number of aliphatic hydroxyl groups is 3. The summed E-state index contributed by atoms with van der Waals surface area (Å²) in [6.07, 6.45) is 5.70. The number of benzene rings is 8. The van der Waals surface area contributed by atoms with Crippen LogP contribution in [0.15, 0.2) is 257 Å². The third kappa shape index (κ3) is 22.9. The number of fused-ring (bicyclic) bond motifs is 3. The Bertz CT molecular complexity index is 7100. The minimum absolute atomic E-state index is 0. The second-order valence-electron chi connectivity index (χ2n) is 35.1. The number of methoxy groups -OCH3 is 1. The van der Waals surface area contributed by atoms with Crippen molar-refractivity contribution < 1.29 is 116 Å². The molecule has 36 nitrogen and oxygen atoms in total. The van der Waals surface area contributed by atoms with Crippen LogP contribution in [0.25, 0.3) is 44.9 Å². The maximum absolute atomic E-state index is 13.2. The SMILES string of the molecule is CN(CC(O)CO)S(=O)(=O)c1ccc(-c2cccc(NC(=O)C3(c4ccc5c(c4)OCO5)CC3)n2)cc1.COc1ccccc1C1(C(=O)Nc2cccc(-c3ccc(CNS(C)(=O)=O)cc3)n2)CC1.Cc1cc(NC(=O)C2(c3ccc4c(c3)OCO4)CC2)ncc1-c1ccc(S(O)(O)N(C)C)cc1.O=C(O)CC(O)CNS(=O)(=O)c1ccc(-c2cccc(NC(=O)C3(c4ccc5c(c4)OCO5)CC3)n2)cc1.[HH].[HH].[HH]. The molecule has 742 valence electrons. The fourth-order valence-corrected chi connectivity index (χ4v) is 20.0. The lowest BCUT2D eigenvalue weighted by molar-refractivity contribution is -0.139. The van der Waals surface area contributed by atoms with Crippen LogP contribution in [0.4, 0.5) is 23.3 Å². The average molecular weight is 2000 g/mol. The first-order chi connectivity index (χ1) is 67.4. The lowest BCUT2D eigenvalue weighted by atomic mass is 9.94. The number of likely N-dealkylation sites (N-methyl/N-ethyl adjacent to an activating group) is 1. The standard InChI is InChI=1S/C26H25N3O8S.C26H27N3O7S.C25H27N3O5S.C24H25N3O4S.3H2/c30-18(13-24(31)32)14-27-38(34,35)19-7-4-16(5-8-19)20-2-1-3-23(28-20)29-25(33)26(10-11-26)17-6-9-21-22(12-17)37-15-36-21;1-29(14-19(31)15-30)37(33,34)20-8-5-17(6-9-20)21-3-2-4-24(27-21)28-25(32)26(11-12-26)18-7-10-22-23(13-18)36-16-35-22;1-16-12-23(26-14-20(16)17-4-7-19(8-5-17)34(30,31)28(2)3)27-24(29)25(10-11-25)18-6-9-21-22(13-18)33-15-32-21;1-31-21-8-4-3-6-19(21)24(14-15-24)23(28)27-22-9-5-7-20(26-22)18-12-10-17(11-13-18)16-25-32(2,29)30;;;/h1-9,12,18,27,30H,10-11,13-15H2,(H,31,32)(H,28,29,33);2-10,13,19,30-31H,11-12,14-16H2,1H3,(H,27,28,32);4-9,12-14,30-31H,10-11,15H2,1-3H3,(H,26,27,29);3-13,25H,14-16H2,1-2H3,(H,26,27,28);3*1H. The maximum Gasteiger partial charge on any atom is 0.306 e. The smallest absolute Gasteiger partial charge is 0.306 e. The molecule has 2 atom stereocenters. The van der Waals surface area contributed by atoms with Gasteiger partial charge in [-0.1, -0.05) is 115 Å². The second-order valence-corrected chi connectivity index (χ2v) is 43.0. The molecule has 0 saturated heterocycles. The van der Waals surface area contributed by atoms with Crippen molar-refractivity contribution in [2.45, 2.75) is 120 Å². The zero-order chi connectivity index (χ0) is 100.0. The number of rotatable bonds is 33. The zero-order valence-corrected chi connectivity index (χ0v) is 80.7. The minimum atomic E-state index is -3.95. The summed E-state index contributed by atoms with van der Waals surface area (Å²) in [5.74, 6) is 4.70. The van der Waals surface area contributed by atoms with Crippen LogP contribution in [0.5, 0.6) is 40.2 Å². The Labute approximate surface area is 819 Å². The molecule has 7 heterocycles. The molecule has 8 aromatic carbocycles. The van der Waals surface area contributed by atoms with Gasteiger partial charge >= 0.3 is 5.97 Å². The molecule has 19 rings (SSSR count). The Morgan fingerprint density at radius 2 is 0.858 bits per heavy atom. The number of aryl methyl sites for hydroxylation is 1. The van der Waals surface area contributed by atoms with Crippen molar-refractivity contribution >= 4 is 93.7 Å². The highest BCUT2D eigenvalue weighted by atomic mass is 32.3. The van der Waals surface area contributed by atoms with Gasteiger partial charge in [-0.05, 0) is 213 Å². The number of sulfonamides is 3. The van der Waals surface area contributed by atoms with Gasteiger partial charge in [0.15, 0.2) is 34.5 Å². The summed E-state index contributed by atoms with van der Waals surface area (Å²) in [4.78, 5) is 82.0. The van der Waals surface area contributed by atoms with Crippen LogP contribution >= 0.6 is 10.8 Å². The van der Waals surface area contributed by atoms with Gasteiger partial charge in [-0.3, -0.25) is 33.1 Å². The molecule has 40 heteroatoms. The topological polar surface area (TPSA) is 504 Å². The Morgan fingerprint density at radius 3 is 1.26 bits per heavy atom. The summed E-state index contributed by atoms with van der Waals surface area (Å²) in [7, 11) is -7.81. The highest BCUT2D eigenvalue weighted by molar-refractivity contribution is 8.22. The fourth-order valence-electron chi connectivity index (χ4n) is 16.4. The molecule has 3 aliphatic heterocycles. The normalized spacial score (nSPS) is 15.9. The number of hydrogen-bond donors (Lipinski definition) is 12. The van der Waals surface area contributed by atoms with Crippen molar-refractivity contribution in [3.05, 3.63) is 276 Å². The van der Waals surface area contributed by atoms with Crippen LogP contribution in [0, 0.1) is 6.92 Å². The summed E-state index contributed by atoms with van der Waals surface area (Å²) in [6, 6.07) is 68.8. The van der Waals surface area contributed by atoms with Gasteiger partial charge in [0.2, 0.25) is 74.1 Å². The van der Waals surface area contributed by atoms with Gasteiger partial charge in [-0.15, -0.1) is 10.8 Å². The lowest BCUT2D eigenvalue weighted by Gasteiger charge is -2.38. The number of amides is 4. The highest BCUT2D eigenvalue weighted by Gasteiger charge is 2.55. The van der Waals surface area contributed by atoms with Crippen LogP contribution in [-0.4, -0.2) is 200 Å². The van der Waals surface area contributed by atoms with E-state index in [1.54, 1.807) is 106 Å². The van der Waals surface area contributed by atoms with Crippen molar-refractivity contribution in [3.8, 4) is 85.1 Å². The lowest BCUT2D eigenvalue weighted by Crippen LogP contribution is -2.35. The number of aliphatic carboxylic acids is 1. The van der Waals surface area contributed by atoms with E-state index >= 15 is 0 Å². The number of ether oxygens (including phenoxy) is 7. The number of carboxylic acids is 1. The first-order valence-electron chi connectivity index (χ1n) is 44.8. The first kappa shape index (κ1) is 100. The van der Waals surface area contributed by atoms with Crippen LogP contribution in [0.2, 0.25) is 0 Å². The molecule has 4 amide bonds. The summed E-state index contributed by atoms with van der Waals surface area (Å²) < 4.78 is 139. The van der Waals surface area contributed by atoms with Gasteiger partial charge in [-0.2, -0.15) is 4.31 Å². The van der Waals surface area contributed by atoms with E-state index in [4.69, 9.17) is 43.4 Å². The van der Waals surface area contributed by atoms with E-state index in [-0.39, 0.29) is 71.2 Å². The number of aliphatic hydroxyl groups excluding tert-OH is 3. The van der Waals surface area contributed by atoms with E-state index < -0.39 is 100 Å². The average Bonchev–Trinajstić information content (AvgIpc) is 1.60. The second kappa shape index (κ2) is 41.5. The molecule has 0 spiro atoms. The summed E-state index contributed by atoms with van der Waals surface area (Å²) in [5.41, 5.74) is 8.70.